The van der Waals surface area contributed by atoms with Gasteiger partial charge in [0.15, 0.2) is 0 Å². The van der Waals surface area contributed by atoms with Crippen molar-refractivity contribution in [3.05, 3.63) is 84.3 Å². The molecular weight excluding hydrogens is 435 g/mol. The third kappa shape index (κ3) is 6.38. The second-order valence-electron chi connectivity index (χ2n) is 7.52. The van der Waals surface area contributed by atoms with Gasteiger partial charge in [0.2, 0.25) is 11.9 Å². The fraction of sp³-hybridized carbons (Fsp3) is 0.200. The zero-order chi connectivity index (χ0) is 24.5. The van der Waals surface area contributed by atoms with E-state index < -0.39 is 11.7 Å². The Kier molecular flexibility index (Phi) is 8.28. The number of hydrogen-bond acceptors (Lipinski definition) is 6. The van der Waals surface area contributed by atoms with E-state index in [-0.39, 0.29) is 11.6 Å². The molecule has 0 aliphatic heterocycles. The molecule has 9 heteroatoms. The van der Waals surface area contributed by atoms with E-state index in [4.69, 9.17) is 0 Å². The number of halogens is 1. The van der Waals surface area contributed by atoms with Crippen molar-refractivity contribution in [3.8, 4) is 0 Å². The first-order valence-corrected chi connectivity index (χ1v) is 10.8. The number of rotatable bonds is 10. The van der Waals surface area contributed by atoms with Gasteiger partial charge in [-0.05, 0) is 49.8 Å². The monoisotopic (exact) mass is 462 g/mol. The number of nitrogens with one attached hydrogen (secondary N) is 3. The highest BCUT2D eigenvalue weighted by Gasteiger charge is 2.14. The van der Waals surface area contributed by atoms with Crippen molar-refractivity contribution >= 4 is 35.0 Å². The van der Waals surface area contributed by atoms with Crippen molar-refractivity contribution in [1.82, 2.24) is 15.3 Å². The van der Waals surface area contributed by atoms with E-state index in [0.717, 1.165) is 11.6 Å². The van der Waals surface area contributed by atoms with E-state index in [1.807, 2.05) is 25.1 Å². The van der Waals surface area contributed by atoms with Crippen molar-refractivity contribution in [2.75, 3.05) is 35.7 Å². The van der Waals surface area contributed by atoms with Gasteiger partial charge in [0.05, 0.1) is 5.69 Å². The Bertz CT molecular complexity index is 1170. The second kappa shape index (κ2) is 11.6. The van der Waals surface area contributed by atoms with Crippen LogP contribution in [0.25, 0.3) is 0 Å². The van der Waals surface area contributed by atoms with Crippen molar-refractivity contribution in [2.24, 2.45) is 0 Å². The van der Waals surface area contributed by atoms with Crippen LogP contribution in [0.1, 0.15) is 22.3 Å². The smallest absolute Gasteiger partial charge is 0.251 e. The molecule has 0 aliphatic rings. The fourth-order valence-corrected chi connectivity index (χ4v) is 3.10. The lowest BCUT2D eigenvalue weighted by molar-refractivity contribution is -0.113. The third-order valence-corrected chi connectivity index (χ3v) is 5.01. The van der Waals surface area contributed by atoms with Crippen LogP contribution in [0.2, 0.25) is 0 Å². The van der Waals surface area contributed by atoms with Gasteiger partial charge < -0.3 is 20.9 Å². The summed E-state index contributed by atoms with van der Waals surface area (Å²) in [6.45, 7) is 6.43. The van der Waals surface area contributed by atoms with Crippen LogP contribution >= 0.6 is 0 Å². The largest absolute Gasteiger partial charge is 0.370 e. The summed E-state index contributed by atoms with van der Waals surface area (Å²) in [5, 5.41) is 9.17. The highest BCUT2D eigenvalue weighted by Crippen LogP contribution is 2.25. The number of amides is 2. The first-order valence-electron chi connectivity index (χ1n) is 10.8. The molecule has 2 aromatic carbocycles. The predicted molar refractivity (Wildman–Crippen MR) is 132 cm³/mol. The lowest BCUT2D eigenvalue weighted by Gasteiger charge is -2.17. The fourth-order valence-electron chi connectivity index (χ4n) is 3.10. The van der Waals surface area contributed by atoms with E-state index in [1.165, 1.54) is 30.1 Å². The van der Waals surface area contributed by atoms with E-state index in [0.29, 0.717) is 42.5 Å². The minimum atomic E-state index is -0.533. The molecule has 1 aromatic heterocycles. The van der Waals surface area contributed by atoms with Gasteiger partial charge in [-0.3, -0.25) is 9.59 Å². The summed E-state index contributed by atoms with van der Waals surface area (Å²) >= 11 is 0. The molecule has 8 nitrogen and oxygen atoms in total. The molecule has 0 fully saturated rings. The lowest BCUT2D eigenvalue weighted by atomic mass is 10.2. The number of carbonyl (C=O) groups excluding carboxylic acids is 2. The summed E-state index contributed by atoms with van der Waals surface area (Å²) < 4.78 is 14.2. The molecular formula is C25H27FN6O2. The van der Waals surface area contributed by atoms with Gasteiger partial charge in [0, 0.05) is 43.1 Å². The standard InChI is InChI=1S/C25H27FN6O2/c1-4-22(33)32(3)21-15-19(11-12-20(21)26)30-25-29-16-17(2)23(31-25)27-13-8-14-28-24(34)18-9-6-5-7-10-18/h4-7,9-12,15-16H,1,8,13-14H2,2-3H3,(H,28,34)(H2,27,29,30,31). The molecule has 0 aliphatic carbocycles. The summed E-state index contributed by atoms with van der Waals surface area (Å²) in [4.78, 5) is 33.9. The molecule has 34 heavy (non-hydrogen) atoms. The van der Waals surface area contributed by atoms with Crippen LogP contribution in [0.15, 0.2) is 67.4 Å². The average Bonchev–Trinajstić information content (AvgIpc) is 2.86. The Balaban J connectivity index is 1.57. The Labute approximate surface area is 197 Å². The number of carbonyl (C=O) groups is 2. The average molecular weight is 463 g/mol. The van der Waals surface area contributed by atoms with Gasteiger partial charge >= 0.3 is 0 Å². The van der Waals surface area contributed by atoms with Crippen molar-refractivity contribution in [1.29, 1.82) is 0 Å². The molecule has 0 atom stereocenters. The SMILES string of the molecule is C=CC(=O)N(C)c1cc(Nc2ncc(C)c(NCCCNC(=O)c3ccccc3)n2)ccc1F. The zero-order valence-electron chi connectivity index (χ0n) is 19.1. The number of anilines is 4. The summed E-state index contributed by atoms with van der Waals surface area (Å²) in [7, 11) is 1.47. The molecule has 2 amide bonds. The molecule has 0 saturated heterocycles. The topological polar surface area (TPSA) is 99.3 Å². The number of aromatic nitrogens is 2. The normalized spacial score (nSPS) is 10.3. The zero-order valence-corrected chi connectivity index (χ0v) is 19.1. The van der Waals surface area contributed by atoms with Crippen LogP contribution in [-0.4, -0.2) is 41.9 Å². The van der Waals surface area contributed by atoms with E-state index in [9.17, 15) is 14.0 Å². The molecule has 0 bridgehead atoms. The molecule has 176 valence electrons. The third-order valence-electron chi connectivity index (χ3n) is 5.01. The Morgan fingerprint density at radius 3 is 2.65 bits per heavy atom. The molecule has 0 radical (unpaired) electrons. The van der Waals surface area contributed by atoms with Gasteiger partial charge in [0.25, 0.3) is 5.91 Å². The summed E-state index contributed by atoms with van der Waals surface area (Å²) in [5.41, 5.74) is 2.12. The number of aryl methyl sites for hydroxylation is 1. The first-order chi connectivity index (χ1) is 16.4. The quantitative estimate of drug-likeness (QED) is 0.311. The first kappa shape index (κ1) is 24.4. The Morgan fingerprint density at radius 1 is 1.15 bits per heavy atom. The van der Waals surface area contributed by atoms with Gasteiger partial charge in [-0.25, -0.2) is 9.37 Å². The molecule has 0 unspecified atom stereocenters. The van der Waals surface area contributed by atoms with E-state index >= 15 is 0 Å². The number of likely N-dealkylation sites (N-methyl/N-ethyl adjacent to an activating group) is 1. The maximum Gasteiger partial charge on any atom is 0.251 e. The maximum absolute atomic E-state index is 14.2. The second-order valence-corrected chi connectivity index (χ2v) is 7.52. The molecule has 3 aromatic rings. The van der Waals surface area contributed by atoms with Crippen LogP contribution < -0.4 is 20.9 Å². The van der Waals surface area contributed by atoms with Crippen molar-refractivity contribution in [2.45, 2.75) is 13.3 Å². The van der Waals surface area contributed by atoms with Crippen molar-refractivity contribution in [3.63, 3.8) is 0 Å². The van der Waals surface area contributed by atoms with Crippen molar-refractivity contribution < 1.29 is 14.0 Å². The maximum atomic E-state index is 14.2. The highest BCUT2D eigenvalue weighted by molar-refractivity contribution is 6.01. The van der Waals surface area contributed by atoms with Gasteiger partial charge in [-0.15, -0.1) is 0 Å². The van der Waals surface area contributed by atoms with Crippen LogP contribution in [0, 0.1) is 12.7 Å². The van der Waals surface area contributed by atoms with Gasteiger partial charge in [-0.1, -0.05) is 24.8 Å². The molecule has 3 N–H and O–H groups in total. The van der Waals surface area contributed by atoms with Gasteiger partial charge in [0.1, 0.15) is 11.6 Å². The van der Waals surface area contributed by atoms with E-state index in [2.05, 4.69) is 32.5 Å². The summed E-state index contributed by atoms with van der Waals surface area (Å²) in [6.07, 6.45) is 3.50. The Hall–Kier alpha value is -4.27. The number of nitrogens with zero attached hydrogens (tertiary/aromatic N) is 3. The molecule has 0 saturated carbocycles. The van der Waals surface area contributed by atoms with E-state index in [1.54, 1.807) is 18.3 Å². The number of hydrogen-bond donors (Lipinski definition) is 3. The number of benzene rings is 2. The molecule has 0 spiro atoms. The Morgan fingerprint density at radius 2 is 1.91 bits per heavy atom. The van der Waals surface area contributed by atoms with Crippen LogP contribution in [-0.2, 0) is 4.79 Å². The van der Waals surface area contributed by atoms with Crippen LogP contribution in [0.4, 0.5) is 27.5 Å². The predicted octanol–water partition coefficient (Wildman–Crippen LogP) is 4.05. The highest BCUT2D eigenvalue weighted by atomic mass is 19.1. The van der Waals surface area contributed by atoms with Crippen LogP contribution in [0.3, 0.4) is 0 Å². The minimum absolute atomic E-state index is 0.107. The molecule has 3 rings (SSSR count). The molecule has 1 heterocycles. The lowest BCUT2D eigenvalue weighted by Crippen LogP contribution is -2.25. The van der Waals surface area contributed by atoms with Gasteiger partial charge in [-0.2, -0.15) is 4.98 Å². The van der Waals surface area contributed by atoms with Crippen LogP contribution in [0.5, 0.6) is 0 Å². The minimum Gasteiger partial charge on any atom is -0.370 e. The summed E-state index contributed by atoms with van der Waals surface area (Å²) in [6, 6.07) is 13.4. The summed E-state index contributed by atoms with van der Waals surface area (Å²) in [5.74, 6) is -0.0952.